The van der Waals surface area contributed by atoms with Gasteiger partial charge in [0.05, 0.1) is 6.54 Å². The van der Waals surface area contributed by atoms with Crippen molar-refractivity contribution in [2.75, 3.05) is 36.4 Å². The third-order valence-electron chi connectivity index (χ3n) is 4.23. The van der Waals surface area contributed by atoms with Gasteiger partial charge in [0.1, 0.15) is 0 Å². The second-order valence-corrected chi connectivity index (χ2v) is 6.24. The number of hydrogen-bond acceptors (Lipinski definition) is 4. The summed E-state index contributed by atoms with van der Waals surface area (Å²) >= 11 is 0. The minimum absolute atomic E-state index is 0.0104. The van der Waals surface area contributed by atoms with Gasteiger partial charge in [0.25, 0.3) is 5.91 Å². The van der Waals surface area contributed by atoms with E-state index in [2.05, 4.69) is 16.0 Å². The maximum atomic E-state index is 12.0. The van der Waals surface area contributed by atoms with Gasteiger partial charge in [-0.15, -0.1) is 0 Å². The maximum Gasteiger partial charge on any atom is 0.251 e. The fraction of sp³-hybridized carbons (Fsp3) is 0.250. The van der Waals surface area contributed by atoms with Gasteiger partial charge in [0.15, 0.2) is 0 Å². The first-order chi connectivity index (χ1) is 13.1. The average Bonchev–Trinajstić information content (AvgIpc) is 2.69. The molecule has 1 aliphatic heterocycles. The molecule has 0 spiro atoms. The molecule has 27 heavy (non-hydrogen) atoms. The standard InChI is InChI=1S/C20H22N4O3/c25-18(10-11-22-20(27)15-4-2-1-3-5-15)23-16-6-8-17(9-7-16)24-13-12-21-19(26)14-24/h1-9H,10-14H2,(H,21,26)(H,22,27)(H,23,25). The molecule has 1 fully saturated rings. The van der Waals surface area contributed by atoms with E-state index in [0.717, 1.165) is 12.2 Å². The largest absolute Gasteiger partial charge is 0.360 e. The summed E-state index contributed by atoms with van der Waals surface area (Å²) in [5.41, 5.74) is 2.19. The molecule has 3 N–H and O–H groups in total. The van der Waals surface area contributed by atoms with Crippen LogP contribution < -0.4 is 20.9 Å². The molecular formula is C20H22N4O3. The molecule has 3 amide bonds. The highest BCUT2D eigenvalue weighted by Crippen LogP contribution is 2.18. The van der Waals surface area contributed by atoms with Crippen LogP contribution in [0.15, 0.2) is 54.6 Å². The van der Waals surface area contributed by atoms with Crippen LogP contribution in [0.5, 0.6) is 0 Å². The number of carbonyl (C=O) groups is 3. The van der Waals surface area contributed by atoms with Gasteiger partial charge in [-0.25, -0.2) is 0 Å². The number of rotatable bonds is 6. The first kappa shape index (κ1) is 18.4. The molecule has 1 aliphatic rings. The fourth-order valence-corrected chi connectivity index (χ4v) is 2.82. The van der Waals surface area contributed by atoms with Crippen molar-refractivity contribution in [3.8, 4) is 0 Å². The van der Waals surface area contributed by atoms with Crippen LogP contribution in [0, 0.1) is 0 Å². The van der Waals surface area contributed by atoms with Crippen molar-refractivity contribution in [1.29, 1.82) is 0 Å². The molecule has 7 nitrogen and oxygen atoms in total. The molecule has 0 saturated carbocycles. The SMILES string of the molecule is O=C1CN(c2ccc(NC(=O)CCNC(=O)c3ccccc3)cc2)CCN1. The summed E-state index contributed by atoms with van der Waals surface area (Å²) in [5.74, 6) is -0.358. The van der Waals surface area contributed by atoms with Gasteiger partial charge in [0, 0.05) is 43.0 Å². The Balaban J connectivity index is 1.44. The van der Waals surface area contributed by atoms with E-state index in [1.165, 1.54) is 0 Å². The van der Waals surface area contributed by atoms with Gasteiger partial charge in [-0.05, 0) is 36.4 Å². The first-order valence-corrected chi connectivity index (χ1v) is 8.86. The number of nitrogens with zero attached hydrogens (tertiary/aromatic N) is 1. The van der Waals surface area contributed by atoms with Crippen molar-refractivity contribution in [2.45, 2.75) is 6.42 Å². The lowest BCUT2D eigenvalue weighted by atomic mass is 10.2. The van der Waals surface area contributed by atoms with E-state index in [9.17, 15) is 14.4 Å². The summed E-state index contributed by atoms with van der Waals surface area (Å²) in [6, 6.07) is 16.3. The molecule has 0 aliphatic carbocycles. The lowest BCUT2D eigenvalue weighted by Crippen LogP contribution is -2.47. The van der Waals surface area contributed by atoms with Crippen LogP contribution in [0.3, 0.4) is 0 Å². The predicted molar refractivity (Wildman–Crippen MR) is 104 cm³/mol. The number of benzene rings is 2. The summed E-state index contributed by atoms with van der Waals surface area (Å²) in [5, 5.41) is 8.32. The second kappa shape index (κ2) is 8.84. The van der Waals surface area contributed by atoms with Crippen LogP contribution >= 0.6 is 0 Å². The molecule has 0 aromatic heterocycles. The zero-order valence-electron chi connectivity index (χ0n) is 14.9. The summed E-state index contributed by atoms with van der Waals surface area (Å²) in [4.78, 5) is 37.4. The summed E-state index contributed by atoms with van der Waals surface area (Å²) in [6.45, 7) is 2.00. The van der Waals surface area contributed by atoms with Crippen LogP contribution in [0.4, 0.5) is 11.4 Å². The molecule has 140 valence electrons. The smallest absolute Gasteiger partial charge is 0.251 e. The molecule has 2 aromatic carbocycles. The Labute approximate surface area is 157 Å². The Morgan fingerprint density at radius 3 is 2.48 bits per heavy atom. The third kappa shape index (κ3) is 5.31. The van der Waals surface area contributed by atoms with E-state index in [1.54, 1.807) is 24.3 Å². The van der Waals surface area contributed by atoms with Crippen LogP contribution in [-0.4, -0.2) is 43.9 Å². The van der Waals surface area contributed by atoms with Gasteiger partial charge in [0.2, 0.25) is 11.8 Å². The summed E-state index contributed by atoms with van der Waals surface area (Å²) in [6.07, 6.45) is 0.187. The molecular weight excluding hydrogens is 344 g/mol. The zero-order chi connectivity index (χ0) is 19.1. The Morgan fingerprint density at radius 2 is 1.78 bits per heavy atom. The van der Waals surface area contributed by atoms with Crippen LogP contribution in [0.25, 0.3) is 0 Å². The molecule has 0 radical (unpaired) electrons. The topological polar surface area (TPSA) is 90.5 Å². The van der Waals surface area contributed by atoms with E-state index in [1.807, 2.05) is 35.2 Å². The van der Waals surface area contributed by atoms with E-state index < -0.39 is 0 Å². The number of piperazine rings is 1. The van der Waals surface area contributed by atoms with Crippen molar-refractivity contribution < 1.29 is 14.4 Å². The summed E-state index contributed by atoms with van der Waals surface area (Å²) < 4.78 is 0. The minimum Gasteiger partial charge on any atom is -0.360 e. The number of carbonyl (C=O) groups excluding carboxylic acids is 3. The van der Waals surface area contributed by atoms with Gasteiger partial charge in [-0.1, -0.05) is 18.2 Å². The molecule has 1 saturated heterocycles. The Morgan fingerprint density at radius 1 is 1.04 bits per heavy atom. The van der Waals surface area contributed by atoms with Crippen LogP contribution in [-0.2, 0) is 9.59 Å². The molecule has 2 aromatic rings. The van der Waals surface area contributed by atoms with E-state index in [4.69, 9.17) is 0 Å². The van der Waals surface area contributed by atoms with Crippen molar-refractivity contribution in [1.82, 2.24) is 10.6 Å². The first-order valence-electron chi connectivity index (χ1n) is 8.86. The second-order valence-electron chi connectivity index (χ2n) is 6.24. The molecule has 0 bridgehead atoms. The number of hydrogen-bond donors (Lipinski definition) is 3. The van der Waals surface area contributed by atoms with Crippen molar-refractivity contribution in [3.63, 3.8) is 0 Å². The van der Waals surface area contributed by atoms with Gasteiger partial charge in [-0.2, -0.15) is 0 Å². The Kier molecular flexibility index (Phi) is 6.04. The molecule has 3 rings (SSSR count). The Bertz CT molecular complexity index is 806. The quantitative estimate of drug-likeness (QED) is 0.720. The van der Waals surface area contributed by atoms with E-state index >= 15 is 0 Å². The average molecular weight is 366 g/mol. The molecule has 7 heteroatoms. The fourth-order valence-electron chi connectivity index (χ4n) is 2.82. The number of nitrogens with one attached hydrogen (secondary N) is 3. The van der Waals surface area contributed by atoms with Crippen LogP contribution in [0.1, 0.15) is 16.8 Å². The molecule has 1 heterocycles. The monoisotopic (exact) mass is 366 g/mol. The van der Waals surface area contributed by atoms with Crippen molar-refractivity contribution in [2.24, 2.45) is 0 Å². The van der Waals surface area contributed by atoms with Crippen molar-refractivity contribution in [3.05, 3.63) is 60.2 Å². The number of anilines is 2. The van der Waals surface area contributed by atoms with Gasteiger partial charge >= 0.3 is 0 Å². The van der Waals surface area contributed by atoms with Gasteiger partial charge in [-0.3, -0.25) is 14.4 Å². The normalized spacial score (nSPS) is 13.6. The summed E-state index contributed by atoms with van der Waals surface area (Å²) in [7, 11) is 0. The minimum atomic E-state index is -0.196. The van der Waals surface area contributed by atoms with Crippen molar-refractivity contribution >= 4 is 29.1 Å². The van der Waals surface area contributed by atoms with Crippen LogP contribution in [0.2, 0.25) is 0 Å². The zero-order valence-corrected chi connectivity index (χ0v) is 14.9. The van der Waals surface area contributed by atoms with E-state index in [0.29, 0.717) is 24.3 Å². The molecule has 0 unspecified atom stereocenters. The third-order valence-corrected chi connectivity index (χ3v) is 4.23. The highest BCUT2D eigenvalue weighted by molar-refractivity contribution is 5.95. The maximum absolute atomic E-state index is 12.0. The highest BCUT2D eigenvalue weighted by atomic mass is 16.2. The highest BCUT2D eigenvalue weighted by Gasteiger charge is 2.16. The van der Waals surface area contributed by atoms with E-state index in [-0.39, 0.29) is 30.7 Å². The van der Waals surface area contributed by atoms with Gasteiger partial charge < -0.3 is 20.9 Å². The predicted octanol–water partition coefficient (Wildman–Crippen LogP) is 1.38. The molecule has 0 atom stereocenters. The lowest BCUT2D eigenvalue weighted by molar-refractivity contribution is -0.120. The Hall–Kier alpha value is -3.35. The lowest BCUT2D eigenvalue weighted by Gasteiger charge is -2.28. The number of amides is 3.